The molecule has 1 aliphatic heterocycles. The molecule has 1 saturated heterocycles. The fraction of sp³-hybridized carbons (Fsp3) is 0.562. The van der Waals surface area contributed by atoms with Crippen LogP contribution in [0.5, 0.6) is 0 Å². The summed E-state index contributed by atoms with van der Waals surface area (Å²) in [5.74, 6) is 0.174. The lowest BCUT2D eigenvalue weighted by molar-refractivity contribution is -0.120. The number of amides is 1. The number of nitrogens with one attached hydrogen (secondary N) is 1. The van der Waals surface area contributed by atoms with Crippen molar-refractivity contribution in [2.45, 2.75) is 12.8 Å². The van der Waals surface area contributed by atoms with E-state index in [-0.39, 0.29) is 18.2 Å². The summed E-state index contributed by atoms with van der Waals surface area (Å²) >= 11 is 11.4. The predicted molar refractivity (Wildman–Crippen MR) is 102 cm³/mol. The molecule has 1 N–H and O–H groups in total. The lowest BCUT2D eigenvalue weighted by atomic mass is 10.2. The third-order valence-corrected chi connectivity index (χ3v) is 6.43. The quantitative estimate of drug-likeness (QED) is 0.668. The van der Waals surface area contributed by atoms with E-state index in [0.717, 1.165) is 5.69 Å². The van der Waals surface area contributed by atoms with Gasteiger partial charge in [-0.25, -0.2) is 8.42 Å². The molecular weight excluding hydrogens is 385 g/mol. The molecule has 0 aromatic heterocycles. The number of hydrogen-bond acceptors (Lipinski definition) is 4. The predicted octanol–water partition coefficient (Wildman–Crippen LogP) is 1.93. The highest BCUT2D eigenvalue weighted by atomic mass is 35.5. The third kappa shape index (κ3) is 6.33. The van der Waals surface area contributed by atoms with Crippen LogP contribution in [-0.4, -0.2) is 63.0 Å². The molecule has 0 atom stereocenters. The van der Waals surface area contributed by atoms with Crippen molar-refractivity contribution >= 4 is 44.8 Å². The van der Waals surface area contributed by atoms with E-state index in [1.165, 1.54) is 4.31 Å². The number of anilines is 1. The first kappa shape index (κ1) is 20.3. The van der Waals surface area contributed by atoms with Gasteiger partial charge < -0.3 is 10.2 Å². The van der Waals surface area contributed by atoms with Crippen LogP contribution in [0.25, 0.3) is 0 Å². The fourth-order valence-electron chi connectivity index (χ4n) is 2.64. The molecule has 0 saturated carbocycles. The fourth-order valence-corrected chi connectivity index (χ4v) is 4.24. The van der Waals surface area contributed by atoms with Gasteiger partial charge in [0.15, 0.2) is 0 Å². The molecule has 1 aromatic carbocycles. The number of hydrogen-bond donors (Lipinski definition) is 1. The van der Waals surface area contributed by atoms with Gasteiger partial charge in [-0.15, -0.1) is 11.6 Å². The number of nitrogens with zero attached hydrogens (tertiary/aromatic N) is 2. The topological polar surface area (TPSA) is 69.7 Å². The van der Waals surface area contributed by atoms with E-state index in [2.05, 4.69) is 10.2 Å². The monoisotopic (exact) mass is 407 g/mol. The molecule has 140 valence electrons. The van der Waals surface area contributed by atoms with Crippen LogP contribution in [0, 0.1) is 0 Å². The number of alkyl halides is 1. The summed E-state index contributed by atoms with van der Waals surface area (Å²) in [5, 5.41) is 3.31. The Hall–Kier alpha value is -1.02. The van der Waals surface area contributed by atoms with Crippen molar-refractivity contribution in [2.75, 3.05) is 49.3 Å². The van der Waals surface area contributed by atoms with Gasteiger partial charge >= 0.3 is 0 Å². The minimum absolute atomic E-state index is 0.0828. The number of carbonyl (C=O) groups is 1. The first-order valence-corrected chi connectivity index (χ1v) is 10.8. The lowest BCUT2D eigenvalue weighted by Gasteiger charge is -2.35. The maximum atomic E-state index is 12.4. The number of sulfonamides is 1. The maximum absolute atomic E-state index is 12.4. The van der Waals surface area contributed by atoms with Crippen molar-refractivity contribution in [1.82, 2.24) is 9.62 Å². The van der Waals surface area contributed by atoms with Crippen LogP contribution >= 0.6 is 23.2 Å². The van der Waals surface area contributed by atoms with E-state index < -0.39 is 10.0 Å². The van der Waals surface area contributed by atoms with Crippen molar-refractivity contribution < 1.29 is 13.2 Å². The zero-order valence-electron chi connectivity index (χ0n) is 14.0. The van der Waals surface area contributed by atoms with Crippen molar-refractivity contribution in [3.05, 3.63) is 29.3 Å². The molecule has 25 heavy (non-hydrogen) atoms. The summed E-state index contributed by atoms with van der Waals surface area (Å²) in [6.45, 7) is 2.25. The van der Waals surface area contributed by atoms with Gasteiger partial charge in [0.25, 0.3) is 0 Å². The Morgan fingerprint density at radius 1 is 1.12 bits per heavy atom. The van der Waals surface area contributed by atoms with Gasteiger partial charge in [-0.2, -0.15) is 4.31 Å². The molecule has 0 spiro atoms. The second-order valence-corrected chi connectivity index (χ2v) is 8.72. The molecule has 0 unspecified atom stereocenters. The average Bonchev–Trinajstić information content (AvgIpc) is 2.60. The maximum Gasteiger partial charge on any atom is 0.220 e. The molecule has 0 radical (unpaired) electrons. The second kappa shape index (κ2) is 9.62. The summed E-state index contributed by atoms with van der Waals surface area (Å²) in [7, 11) is -3.37. The first-order chi connectivity index (χ1) is 11.9. The van der Waals surface area contributed by atoms with E-state index in [1.807, 2.05) is 24.3 Å². The van der Waals surface area contributed by atoms with E-state index in [4.69, 9.17) is 23.2 Å². The van der Waals surface area contributed by atoms with E-state index in [1.54, 1.807) is 0 Å². The van der Waals surface area contributed by atoms with Gasteiger partial charge in [0.1, 0.15) is 0 Å². The molecule has 0 aliphatic carbocycles. The van der Waals surface area contributed by atoms with Gasteiger partial charge in [-0.3, -0.25) is 4.79 Å². The Labute approximate surface area is 159 Å². The van der Waals surface area contributed by atoms with Gasteiger partial charge in [0, 0.05) is 55.7 Å². The smallest absolute Gasteiger partial charge is 0.220 e. The zero-order chi connectivity index (χ0) is 18.3. The SMILES string of the molecule is O=C(CCCCl)NCCS(=O)(=O)N1CCN(c2ccc(Cl)cc2)CC1. The minimum atomic E-state index is -3.37. The highest BCUT2D eigenvalue weighted by molar-refractivity contribution is 7.89. The lowest BCUT2D eigenvalue weighted by Crippen LogP contribution is -2.50. The number of benzene rings is 1. The van der Waals surface area contributed by atoms with E-state index >= 15 is 0 Å². The van der Waals surface area contributed by atoms with Crippen LogP contribution in [0.3, 0.4) is 0 Å². The summed E-state index contributed by atoms with van der Waals surface area (Å²) in [5.41, 5.74) is 1.04. The zero-order valence-corrected chi connectivity index (χ0v) is 16.3. The number of halogens is 2. The molecule has 1 fully saturated rings. The van der Waals surface area contributed by atoms with Crippen LogP contribution < -0.4 is 10.2 Å². The van der Waals surface area contributed by atoms with Crippen molar-refractivity contribution in [3.63, 3.8) is 0 Å². The Bertz CT molecular complexity index is 660. The van der Waals surface area contributed by atoms with Crippen LogP contribution in [0.4, 0.5) is 5.69 Å². The highest BCUT2D eigenvalue weighted by Crippen LogP contribution is 2.20. The number of rotatable bonds is 8. The third-order valence-electron chi connectivity index (χ3n) is 4.04. The Morgan fingerprint density at radius 2 is 1.76 bits per heavy atom. The average molecular weight is 408 g/mol. The molecule has 1 aliphatic rings. The van der Waals surface area contributed by atoms with E-state index in [0.29, 0.717) is 49.9 Å². The largest absolute Gasteiger partial charge is 0.369 e. The molecule has 1 heterocycles. The summed E-state index contributed by atoms with van der Waals surface area (Å²) in [4.78, 5) is 13.6. The molecule has 1 aromatic rings. The van der Waals surface area contributed by atoms with Crippen molar-refractivity contribution in [3.8, 4) is 0 Å². The number of piperazine rings is 1. The van der Waals surface area contributed by atoms with Gasteiger partial charge in [0.2, 0.25) is 15.9 Å². The van der Waals surface area contributed by atoms with Crippen LogP contribution in [0.2, 0.25) is 5.02 Å². The van der Waals surface area contributed by atoms with Crippen molar-refractivity contribution in [1.29, 1.82) is 0 Å². The van der Waals surface area contributed by atoms with Crippen LogP contribution in [0.15, 0.2) is 24.3 Å². The minimum Gasteiger partial charge on any atom is -0.369 e. The van der Waals surface area contributed by atoms with Crippen LogP contribution in [-0.2, 0) is 14.8 Å². The molecule has 6 nitrogen and oxygen atoms in total. The Morgan fingerprint density at radius 3 is 2.36 bits per heavy atom. The Balaban J connectivity index is 1.78. The standard InChI is InChI=1S/C16H23Cl2N3O3S/c17-7-1-2-16(22)19-8-13-25(23,24)21-11-9-20(10-12-21)15-5-3-14(18)4-6-15/h3-6H,1-2,7-13H2,(H,19,22). The first-order valence-electron chi connectivity index (χ1n) is 8.23. The normalized spacial score (nSPS) is 16.0. The molecule has 0 bridgehead atoms. The highest BCUT2D eigenvalue weighted by Gasteiger charge is 2.26. The van der Waals surface area contributed by atoms with E-state index in [9.17, 15) is 13.2 Å². The molecule has 9 heteroatoms. The Kier molecular flexibility index (Phi) is 7.81. The van der Waals surface area contributed by atoms with Crippen molar-refractivity contribution in [2.24, 2.45) is 0 Å². The number of carbonyl (C=O) groups excluding carboxylic acids is 1. The summed E-state index contributed by atoms with van der Waals surface area (Å²) in [6.07, 6.45) is 0.913. The van der Waals surface area contributed by atoms with Gasteiger partial charge in [0.05, 0.1) is 5.75 Å². The van der Waals surface area contributed by atoms with Gasteiger partial charge in [-0.05, 0) is 30.7 Å². The van der Waals surface area contributed by atoms with Crippen LogP contribution in [0.1, 0.15) is 12.8 Å². The second-order valence-electron chi connectivity index (χ2n) is 5.82. The summed E-state index contributed by atoms with van der Waals surface area (Å²) < 4.78 is 26.3. The molecular formula is C16H23Cl2N3O3S. The summed E-state index contributed by atoms with van der Waals surface area (Å²) in [6, 6.07) is 7.52. The molecule has 1 amide bonds. The molecule has 2 rings (SSSR count). The van der Waals surface area contributed by atoms with Gasteiger partial charge in [-0.1, -0.05) is 11.6 Å².